The molecule has 306 valence electrons. The van der Waals surface area contributed by atoms with Crippen molar-refractivity contribution in [1.29, 1.82) is 0 Å². The van der Waals surface area contributed by atoms with Crippen molar-refractivity contribution in [3.63, 3.8) is 0 Å². The Morgan fingerprint density at radius 2 is 0.815 bits per heavy atom. The molecule has 9 aromatic carbocycles. The zero-order valence-electron chi connectivity index (χ0n) is 35.9. The van der Waals surface area contributed by atoms with E-state index in [2.05, 4.69) is 199 Å². The van der Waals surface area contributed by atoms with Gasteiger partial charge in [0.05, 0.1) is 22.1 Å². The van der Waals surface area contributed by atoms with Crippen molar-refractivity contribution >= 4 is 43.6 Å². The van der Waals surface area contributed by atoms with E-state index in [0.29, 0.717) is 17.5 Å². The summed E-state index contributed by atoms with van der Waals surface area (Å²) in [6.45, 7) is 4.71. The number of hydrogen-bond donors (Lipinski definition) is 0. The lowest BCUT2D eigenvalue weighted by molar-refractivity contribution is 0.661. The van der Waals surface area contributed by atoms with Crippen molar-refractivity contribution in [2.24, 2.45) is 0 Å². The van der Waals surface area contributed by atoms with Crippen LogP contribution < -0.4 is 0 Å². The van der Waals surface area contributed by atoms with Gasteiger partial charge in [0.15, 0.2) is 17.5 Å². The third-order valence-corrected chi connectivity index (χ3v) is 13.5. The van der Waals surface area contributed by atoms with Crippen LogP contribution in [0, 0.1) is 0 Å². The minimum atomic E-state index is -0.159. The molecule has 0 aliphatic heterocycles. The maximum absolute atomic E-state index is 5.27. The van der Waals surface area contributed by atoms with E-state index in [4.69, 9.17) is 15.0 Å². The van der Waals surface area contributed by atoms with E-state index >= 15 is 0 Å². The van der Waals surface area contributed by atoms with Crippen LogP contribution in [-0.2, 0) is 5.41 Å². The molecule has 5 heteroatoms. The predicted octanol–water partition coefficient (Wildman–Crippen LogP) is 15.0. The summed E-state index contributed by atoms with van der Waals surface area (Å²) in [7, 11) is 0. The summed E-state index contributed by atoms with van der Waals surface area (Å²) in [5.41, 5.74) is 16.9. The number of aromatic nitrogens is 5. The molecule has 5 nitrogen and oxygen atoms in total. The largest absolute Gasteiger partial charge is 0.309 e. The zero-order chi connectivity index (χ0) is 43.2. The van der Waals surface area contributed by atoms with Gasteiger partial charge in [0.25, 0.3) is 0 Å². The van der Waals surface area contributed by atoms with Gasteiger partial charge in [-0.15, -0.1) is 0 Å². The average Bonchev–Trinajstić information content (AvgIpc) is 3.96. The number of benzene rings is 9. The molecule has 0 saturated carbocycles. The second kappa shape index (κ2) is 14.3. The summed E-state index contributed by atoms with van der Waals surface area (Å²) in [6.07, 6.45) is 0. The monoisotopic (exact) mass is 831 g/mol. The van der Waals surface area contributed by atoms with Gasteiger partial charge in [-0.2, -0.15) is 0 Å². The highest BCUT2D eigenvalue weighted by atomic mass is 15.0. The van der Waals surface area contributed by atoms with Gasteiger partial charge in [-0.1, -0.05) is 166 Å². The minimum absolute atomic E-state index is 0.159. The van der Waals surface area contributed by atoms with E-state index in [1.54, 1.807) is 0 Å². The molecule has 0 amide bonds. The number of hydrogen-bond acceptors (Lipinski definition) is 3. The lowest BCUT2D eigenvalue weighted by atomic mass is 9.82. The van der Waals surface area contributed by atoms with Crippen molar-refractivity contribution in [2.45, 2.75) is 19.3 Å². The fraction of sp³-hybridized carbons (Fsp3) is 0.0500. The Kier molecular flexibility index (Phi) is 8.18. The summed E-state index contributed by atoms with van der Waals surface area (Å²) >= 11 is 0. The Balaban J connectivity index is 1.10. The quantitative estimate of drug-likeness (QED) is 0.168. The molecule has 12 aromatic rings. The van der Waals surface area contributed by atoms with Crippen LogP contribution in [-0.4, -0.2) is 24.1 Å². The van der Waals surface area contributed by atoms with E-state index in [0.717, 1.165) is 50.2 Å². The molecule has 0 spiro atoms. The van der Waals surface area contributed by atoms with E-state index in [1.165, 1.54) is 54.8 Å². The van der Waals surface area contributed by atoms with Gasteiger partial charge in [0.1, 0.15) is 0 Å². The normalized spacial score (nSPS) is 12.9. The van der Waals surface area contributed by atoms with Crippen LogP contribution in [0.1, 0.15) is 25.0 Å². The van der Waals surface area contributed by atoms with Gasteiger partial charge < -0.3 is 9.13 Å². The molecule has 0 N–H and O–H groups in total. The van der Waals surface area contributed by atoms with Gasteiger partial charge in [-0.05, 0) is 94.0 Å². The van der Waals surface area contributed by atoms with Crippen LogP contribution in [0.15, 0.2) is 212 Å². The summed E-state index contributed by atoms with van der Waals surface area (Å²) in [5, 5.41) is 4.88. The molecule has 65 heavy (non-hydrogen) atoms. The average molecular weight is 832 g/mol. The smallest absolute Gasteiger partial charge is 0.164 e. The number of rotatable bonds is 6. The molecule has 0 fully saturated rings. The second-order valence-corrected chi connectivity index (χ2v) is 17.7. The Labute approximate surface area is 376 Å². The third kappa shape index (κ3) is 5.82. The first kappa shape index (κ1) is 37.2. The van der Waals surface area contributed by atoms with Gasteiger partial charge in [0, 0.05) is 55.0 Å². The van der Waals surface area contributed by atoms with E-state index < -0.39 is 0 Å². The van der Waals surface area contributed by atoms with Gasteiger partial charge in [0.2, 0.25) is 0 Å². The van der Waals surface area contributed by atoms with Crippen LogP contribution in [0.25, 0.3) is 111 Å². The zero-order valence-corrected chi connectivity index (χ0v) is 35.9. The van der Waals surface area contributed by atoms with E-state index in [-0.39, 0.29) is 5.41 Å². The van der Waals surface area contributed by atoms with Crippen molar-refractivity contribution in [3.8, 4) is 67.8 Å². The van der Waals surface area contributed by atoms with Crippen LogP contribution in [0.3, 0.4) is 0 Å². The standard InChI is InChI=1S/C60H41N5/c1-60(2)51-27-15-12-24-45(51)49-36-50-47-26-14-17-29-54(47)65(56(50)37-52(49)60)44-33-41(40-30-31-48-46-25-13-16-28-53(46)64(55(48)35-40)43-22-10-5-11-23-43)32-42(34-44)59-62-57(38-18-6-3-7-19-38)61-58(63-59)39-20-8-4-9-21-39/h3-37H,1-2H3. The molecule has 1 aliphatic rings. The van der Waals surface area contributed by atoms with Crippen LogP contribution in [0.5, 0.6) is 0 Å². The van der Waals surface area contributed by atoms with Gasteiger partial charge in [-0.3, -0.25) is 0 Å². The lowest BCUT2D eigenvalue weighted by Crippen LogP contribution is -2.15. The van der Waals surface area contributed by atoms with E-state index in [1.807, 2.05) is 36.4 Å². The summed E-state index contributed by atoms with van der Waals surface area (Å²) in [6, 6.07) is 76.1. The van der Waals surface area contributed by atoms with Crippen LogP contribution >= 0.6 is 0 Å². The molecule has 1 aliphatic carbocycles. The Bertz CT molecular complexity index is 3790. The molecular weight excluding hydrogens is 791 g/mol. The highest BCUT2D eigenvalue weighted by Crippen LogP contribution is 2.51. The topological polar surface area (TPSA) is 48.5 Å². The molecule has 3 aromatic heterocycles. The van der Waals surface area contributed by atoms with Crippen molar-refractivity contribution in [3.05, 3.63) is 223 Å². The summed E-state index contributed by atoms with van der Waals surface area (Å²) in [4.78, 5) is 15.6. The number of fused-ring (bicyclic) bond motifs is 9. The fourth-order valence-corrected chi connectivity index (χ4v) is 10.4. The van der Waals surface area contributed by atoms with Crippen LogP contribution in [0.4, 0.5) is 0 Å². The van der Waals surface area contributed by atoms with Gasteiger partial charge >= 0.3 is 0 Å². The fourth-order valence-electron chi connectivity index (χ4n) is 10.4. The molecule has 0 saturated heterocycles. The minimum Gasteiger partial charge on any atom is -0.309 e. The summed E-state index contributed by atoms with van der Waals surface area (Å²) in [5.74, 6) is 1.87. The molecular formula is C60H41N5. The number of para-hydroxylation sites is 3. The van der Waals surface area contributed by atoms with Gasteiger partial charge in [-0.25, -0.2) is 15.0 Å². The molecule has 13 rings (SSSR count). The van der Waals surface area contributed by atoms with E-state index in [9.17, 15) is 0 Å². The third-order valence-electron chi connectivity index (χ3n) is 13.5. The molecule has 0 radical (unpaired) electrons. The SMILES string of the molecule is CC1(C)c2ccccc2-c2cc3c4ccccc4n(-c4cc(-c5ccc6c7ccccc7n(-c7ccccc7)c6c5)cc(-c5nc(-c6ccccc6)nc(-c6ccccc6)n5)c4)c3cc21. The predicted molar refractivity (Wildman–Crippen MR) is 268 cm³/mol. The molecule has 3 heterocycles. The highest BCUT2D eigenvalue weighted by Gasteiger charge is 2.36. The highest BCUT2D eigenvalue weighted by molar-refractivity contribution is 6.12. The van der Waals surface area contributed by atoms with Crippen molar-refractivity contribution in [2.75, 3.05) is 0 Å². The molecule has 0 atom stereocenters. The maximum Gasteiger partial charge on any atom is 0.164 e. The Morgan fingerprint density at radius 1 is 0.308 bits per heavy atom. The second-order valence-electron chi connectivity index (χ2n) is 17.7. The maximum atomic E-state index is 5.27. The van der Waals surface area contributed by atoms with Crippen LogP contribution in [0.2, 0.25) is 0 Å². The summed E-state index contributed by atoms with van der Waals surface area (Å²) < 4.78 is 4.84. The Morgan fingerprint density at radius 3 is 1.49 bits per heavy atom. The first-order valence-electron chi connectivity index (χ1n) is 22.3. The molecule has 0 unspecified atom stereocenters. The first-order valence-corrected chi connectivity index (χ1v) is 22.3. The lowest BCUT2D eigenvalue weighted by Gasteiger charge is -2.22. The Hall–Kier alpha value is -8.41. The first-order chi connectivity index (χ1) is 32.0. The number of nitrogens with zero attached hydrogens (tertiary/aromatic N) is 5. The van der Waals surface area contributed by atoms with Crippen molar-refractivity contribution < 1.29 is 0 Å². The molecule has 0 bridgehead atoms. The van der Waals surface area contributed by atoms with Crippen molar-refractivity contribution in [1.82, 2.24) is 24.1 Å².